The van der Waals surface area contributed by atoms with E-state index in [1.54, 1.807) is 7.11 Å². The highest BCUT2D eigenvalue weighted by Gasteiger charge is 2.35. The lowest BCUT2D eigenvalue weighted by Crippen LogP contribution is -2.53. The van der Waals surface area contributed by atoms with Crippen molar-refractivity contribution in [2.24, 2.45) is 5.92 Å². The van der Waals surface area contributed by atoms with Crippen LogP contribution < -0.4 is 0 Å². The van der Waals surface area contributed by atoms with E-state index in [-0.39, 0.29) is 17.4 Å². The van der Waals surface area contributed by atoms with Gasteiger partial charge in [0.1, 0.15) is 0 Å². The fourth-order valence-corrected chi connectivity index (χ4v) is 2.94. The second kappa shape index (κ2) is 7.75. The molecular weight excluding hydrogens is 278 g/mol. The van der Waals surface area contributed by atoms with E-state index in [9.17, 15) is 4.79 Å². The molecule has 4 heteroatoms. The normalized spacial score (nSPS) is 19.0. The Balaban J connectivity index is 2.18. The highest BCUT2D eigenvalue weighted by atomic mass is 16.5. The number of benzene rings is 1. The van der Waals surface area contributed by atoms with Gasteiger partial charge < -0.3 is 14.4 Å². The molecule has 1 aliphatic rings. The number of methoxy groups -OCH3 is 1. The zero-order chi connectivity index (χ0) is 16.0. The number of hydrogen-bond donors (Lipinski definition) is 0. The van der Waals surface area contributed by atoms with Gasteiger partial charge in [-0.2, -0.15) is 0 Å². The van der Waals surface area contributed by atoms with Crippen molar-refractivity contribution in [2.45, 2.75) is 38.8 Å². The molecule has 2 rings (SSSR count). The van der Waals surface area contributed by atoms with Crippen molar-refractivity contribution >= 4 is 5.91 Å². The molecule has 1 aliphatic heterocycles. The Morgan fingerprint density at radius 1 is 1.36 bits per heavy atom. The van der Waals surface area contributed by atoms with Gasteiger partial charge in [-0.3, -0.25) is 4.79 Å². The lowest BCUT2D eigenvalue weighted by Gasteiger charge is -2.41. The summed E-state index contributed by atoms with van der Waals surface area (Å²) in [4.78, 5) is 15.0. The van der Waals surface area contributed by atoms with Gasteiger partial charge in [0.2, 0.25) is 5.91 Å². The molecule has 0 saturated carbocycles. The van der Waals surface area contributed by atoms with Crippen LogP contribution in [0.2, 0.25) is 0 Å². The van der Waals surface area contributed by atoms with Crippen molar-refractivity contribution in [2.75, 3.05) is 26.9 Å². The van der Waals surface area contributed by atoms with Gasteiger partial charge in [0, 0.05) is 20.3 Å². The van der Waals surface area contributed by atoms with Crippen molar-refractivity contribution in [3.8, 4) is 0 Å². The average molecular weight is 305 g/mol. The second-order valence-electron chi connectivity index (χ2n) is 6.57. The zero-order valence-electron chi connectivity index (χ0n) is 13.9. The van der Waals surface area contributed by atoms with Gasteiger partial charge in [0.25, 0.3) is 0 Å². The van der Waals surface area contributed by atoms with Gasteiger partial charge in [-0.15, -0.1) is 0 Å². The molecule has 0 N–H and O–H groups in total. The van der Waals surface area contributed by atoms with Crippen LogP contribution in [0.4, 0.5) is 0 Å². The minimum Gasteiger partial charge on any atom is -0.382 e. The van der Waals surface area contributed by atoms with Crippen molar-refractivity contribution in [1.29, 1.82) is 0 Å². The maximum Gasteiger partial charge on any atom is 0.228 e. The third-order valence-corrected chi connectivity index (χ3v) is 4.19. The number of amides is 1. The van der Waals surface area contributed by atoms with E-state index in [0.29, 0.717) is 19.8 Å². The molecule has 0 bridgehead atoms. The largest absolute Gasteiger partial charge is 0.382 e. The summed E-state index contributed by atoms with van der Waals surface area (Å²) in [7, 11) is 1.68. The topological polar surface area (TPSA) is 38.8 Å². The number of carbonyl (C=O) groups is 1. The number of rotatable bonds is 6. The van der Waals surface area contributed by atoms with Crippen LogP contribution in [0.5, 0.6) is 0 Å². The first-order valence-electron chi connectivity index (χ1n) is 7.96. The van der Waals surface area contributed by atoms with Crippen LogP contribution in [0.3, 0.4) is 0 Å². The summed E-state index contributed by atoms with van der Waals surface area (Å²) in [6, 6.07) is 10.1. The molecule has 122 valence electrons. The van der Waals surface area contributed by atoms with Crippen molar-refractivity contribution < 1.29 is 14.3 Å². The molecular formula is C18H27NO3. The van der Waals surface area contributed by atoms with Crippen LogP contribution in [-0.2, 0) is 20.8 Å². The molecule has 0 aromatic heterocycles. The summed E-state index contributed by atoms with van der Waals surface area (Å²) in [6.45, 7) is 6.53. The quantitative estimate of drug-likeness (QED) is 0.811. The van der Waals surface area contributed by atoms with Crippen LogP contribution in [0.1, 0.15) is 32.3 Å². The third-order valence-electron chi connectivity index (χ3n) is 4.19. The molecule has 1 atom stereocenters. The first kappa shape index (κ1) is 17.0. The molecule has 1 heterocycles. The van der Waals surface area contributed by atoms with E-state index < -0.39 is 0 Å². The molecule has 1 unspecified atom stereocenters. The van der Waals surface area contributed by atoms with Crippen molar-refractivity contribution in [1.82, 2.24) is 4.90 Å². The average Bonchev–Trinajstić information content (AvgIpc) is 2.53. The van der Waals surface area contributed by atoms with E-state index in [0.717, 1.165) is 25.0 Å². The number of nitrogens with zero attached hydrogens (tertiary/aromatic N) is 1. The van der Waals surface area contributed by atoms with Crippen LogP contribution in [0.15, 0.2) is 30.3 Å². The maximum absolute atomic E-state index is 13.0. The van der Waals surface area contributed by atoms with E-state index >= 15 is 0 Å². The zero-order valence-corrected chi connectivity index (χ0v) is 13.9. The molecule has 0 spiro atoms. The Kier molecular flexibility index (Phi) is 5.98. The summed E-state index contributed by atoms with van der Waals surface area (Å²) < 4.78 is 10.8. The van der Waals surface area contributed by atoms with Gasteiger partial charge in [-0.1, -0.05) is 30.3 Å². The second-order valence-corrected chi connectivity index (χ2v) is 6.57. The highest BCUT2D eigenvalue weighted by molar-refractivity contribution is 5.80. The monoisotopic (exact) mass is 305 g/mol. The Morgan fingerprint density at radius 3 is 2.68 bits per heavy atom. The molecule has 1 fully saturated rings. The fraction of sp³-hybridized carbons (Fsp3) is 0.611. The van der Waals surface area contributed by atoms with E-state index in [1.807, 2.05) is 23.1 Å². The van der Waals surface area contributed by atoms with Crippen LogP contribution in [-0.4, -0.2) is 43.3 Å². The molecule has 0 aliphatic carbocycles. The van der Waals surface area contributed by atoms with Crippen LogP contribution >= 0.6 is 0 Å². The summed E-state index contributed by atoms with van der Waals surface area (Å²) in [5.74, 6) is 0.138. The van der Waals surface area contributed by atoms with Gasteiger partial charge in [-0.25, -0.2) is 0 Å². The first-order valence-corrected chi connectivity index (χ1v) is 7.96. The predicted molar refractivity (Wildman–Crippen MR) is 86.5 cm³/mol. The minimum absolute atomic E-state index is 0.0337. The molecule has 0 radical (unpaired) electrons. The summed E-state index contributed by atoms with van der Waals surface area (Å²) >= 11 is 0. The fourth-order valence-electron chi connectivity index (χ4n) is 2.94. The van der Waals surface area contributed by atoms with Crippen LogP contribution in [0.25, 0.3) is 0 Å². The number of carbonyl (C=O) groups excluding carboxylic acids is 1. The third kappa shape index (κ3) is 4.31. The smallest absolute Gasteiger partial charge is 0.228 e. The Hall–Kier alpha value is -1.39. The molecule has 1 amide bonds. The summed E-state index contributed by atoms with van der Waals surface area (Å²) in [5, 5.41) is 0. The van der Waals surface area contributed by atoms with Gasteiger partial charge in [0.05, 0.1) is 24.7 Å². The van der Waals surface area contributed by atoms with Crippen LogP contribution in [0, 0.1) is 5.92 Å². The van der Waals surface area contributed by atoms with Crippen molar-refractivity contribution in [3.63, 3.8) is 0 Å². The number of hydrogen-bond acceptors (Lipinski definition) is 3. The molecule has 4 nitrogen and oxygen atoms in total. The maximum atomic E-state index is 13.0. The standard InChI is InChI=1S/C18H27NO3/c1-18(2,14-21-3)19(12-15-8-5-4-6-9-15)17(20)16-10-7-11-22-13-16/h4-6,8-9,16H,7,10-14H2,1-3H3. The summed E-state index contributed by atoms with van der Waals surface area (Å²) in [6.07, 6.45) is 1.87. The SMILES string of the molecule is COCC(C)(C)N(Cc1ccccc1)C(=O)C1CCCOC1. The Labute approximate surface area is 133 Å². The molecule has 22 heavy (non-hydrogen) atoms. The predicted octanol–water partition coefficient (Wildman–Crippen LogP) is 2.87. The highest BCUT2D eigenvalue weighted by Crippen LogP contribution is 2.25. The lowest BCUT2D eigenvalue weighted by molar-refractivity contribution is -0.148. The van der Waals surface area contributed by atoms with E-state index in [1.165, 1.54) is 0 Å². The van der Waals surface area contributed by atoms with E-state index in [4.69, 9.17) is 9.47 Å². The van der Waals surface area contributed by atoms with Crippen molar-refractivity contribution in [3.05, 3.63) is 35.9 Å². The summed E-state index contributed by atoms with van der Waals surface area (Å²) in [5.41, 5.74) is 0.788. The number of ether oxygens (including phenoxy) is 2. The molecule has 1 aromatic carbocycles. The van der Waals surface area contributed by atoms with Gasteiger partial charge in [-0.05, 0) is 32.3 Å². The Morgan fingerprint density at radius 2 is 2.09 bits per heavy atom. The van der Waals surface area contributed by atoms with Gasteiger partial charge >= 0.3 is 0 Å². The molecule has 1 aromatic rings. The molecule has 1 saturated heterocycles. The Bertz CT molecular complexity index is 466. The first-order chi connectivity index (χ1) is 10.5. The van der Waals surface area contributed by atoms with Gasteiger partial charge in [0.15, 0.2) is 0 Å². The lowest BCUT2D eigenvalue weighted by atomic mass is 9.95. The minimum atomic E-state index is -0.348. The van der Waals surface area contributed by atoms with E-state index in [2.05, 4.69) is 26.0 Å².